The molecule has 2 rings (SSSR count). The van der Waals surface area contributed by atoms with Crippen LogP contribution in [0.2, 0.25) is 0 Å². The lowest BCUT2D eigenvalue weighted by Crippen LogP contribution is -2.31. The van der Waals surface area contributed by atoms with Crippen LogP contribution in [0.25, 0.3) is 0 Å². The lowest BCUT2D eigenvalue weighted by molar-refractivity contribution is -0.118. The van der Waals surface area contributed by atoms with Crippen molar-refractivity contribution >= 4 is 11.6 Å². The molecule has 0 aliphatic rings. The van der Waals surface area contributed by atoms with Crippen molar-refractivity contribution in [3.63, 3.8) is 0 Å². The molecule has 0 saturated heterocycles. The van der Waals surface area contributed by atoms with E-state index in [-0.39, 0.29) is 5.91 Å². The molecule has 2 aromatic rings. The topological polar surface area (TPSA) is 46.3 Å². The Kier molecular flexibility index (Phi) is 4.91. The van der Waals surface area contributed by atoms with Gasteiger partial charge in [0, 0.05) is 18.7 Å². The maximum atomic E-state index is 12.3. The molecule has 2 N–H and O–H groups in total. The molecule has 20 heavy (non-hydrogen) atoms. The zero-order valence-electron chi connectivity index (χ0n) is 11.8. The van der Waals surface area contributed by atoms with Crippen LogP contribution < -0.4 is 10.6 Å². The summed E-state index contributed by atoms with van der Waals surface area (Å²) in [5.41, 5.74) is 8.72. The van der Waals surface area contributed by atoms with E-state index in [2.05, 4.69) is 0 Å². The van der Waals surface area contributed by atoms with Crippen LogP contribution in [0.15, 0.2) is 54.6 Å². The second-order valence-corrected chi connectivity index (χ2v) is 4.84. The van der Waals surface area contributed by atoms with E-state index in [9.17, 15) is 4.79 Å². The molecule has 0 radical (unpaired) electrons. The Balaban J connectivity index is 2.25. The number of aryl methyl sites for hydroxylation is 1. The molecule has 1 amide bonds. The number of nitrogens with zero attached hydrogens (tertiary/aromatic N) is 1. The third-order valence-electron chi connectivity index (χ3n) is 3.19. The Morgan fingerprint density at radius 2 is 1.70 bits per heavy atom. The molecular formula is C17H20N2O. The van der Waals surface area contributed by atoms with Gasteiger partial charge in [-0.3, -0.25) is 4.79 Å². The molecule has 0 atom stereocenters. The van der Waals surface area contributed by atoms with Gasteiger partial charge in [0.05, 0.1) is 6.54 Å². The number of rotatable bonds is 5. The van der Waals surface area contributed by atoms with Crippen molar-refractivity contribution in [3.8, 4) is 0 Å². The fourth-order valence-corrected chi connectivity index (χ4v) is 2.07. The van der Waals surface area contributed by atoms with Crippen molar-refractivity contribution < 1.29 is 4.79 Å². The largest absolute Gasteiger partial charge is 0.330 e. The van der Waals surface area contributed by atoms with Crippen LogP contribution in [0.1, 0.15) is 17.5 Å². The zero-order valence-corrected chi connectivity index (χ0v) is 11.8. The summed E-state index contributed by atoms with van der Waals surface area (Å²) in [7, 11) is 0. The molecule has 0 bridgehead atoms. The van der Waals surface area contributed by atoms with Gasteiger partial charge in [-0.25, -0.2) is 0 Å². The summed E-state index contributed by atoms with van der Waals surface area (Å²) in [5, 5.41) is 0. The first-order chi connectivity index (χ1) is 9.70. The van der Waals surface area contributed by atoms with Crippen LogP contribution in [0, 0.1) is 6.92 Å². The van der Waals surface area contributed by atoms with Gasteiger partial charge in [0.15, 0.2) is 0 Å². The molecule has 0 aliphatic carbocycles. The lowest BCUT2D eigenvalue weighted by Gasteiger charge is -2.23. The molecule has 0 aliphatic heterocycles. The highest BCUT2D eigenvalue weighted by atomic mass is 16.2. The Morgan fingerprint density at radius 1 is 1.05 bits per heavy atom. The molecule has 2 aromatic carbocycles. The monoisotopic (exact) mass is 268 g/mol. The fraction of sp³-hybridized carbons (Fsp3) is 0.235. The average Bonchev–Trinajstić information content (AvgIpc) is 2.47. The Hall–Kier alpha value is -2.13. The van der Waals surface area contributed by atoms with E-state index in [1.54, 1.807) is 4.90 Å². The normalized spacial score (nSPS) is 10.3. The molecule has 0 spiro atoms. The minimum Gasteiger partial charge on any atom is -0.330 e. The van der Waals surface area contributed by atoms with E-state index in [0.717, 1.165) is 11.3 Å². The number of hydrogen-bond donors (Lipinski definition) is 1. The third kappa shape index (κ3) is 3.68. The summed E-state index contributed by atoms with van der Waals surface area (Å²) in [5.74, 6) is 0.0557. The first kappa shape index (κ1) is 14.3. The van der Waals surface area contributed by atoms with Gasteiger partial charge in [-0.2, -0.15) is 0 Å². The van der Waals surface area contributed by atoms with Crippen LogP contribution in [0.3, 0.4) is 0 Å². The highest BCUT2D eigenvalue weighted by Gasteiger charge is 2.15. The lowest BCUT2D eigenvalue weighted by atomic mass is 10.1. The van der Waals surface area contributed by atoms with E-state index in [0.29, 0.717) is 19.5 Å². The van der Waals surface area contributed by atoms with Crippen LogP contribution in [0.5, 0.6) is 0 Å². The first-order valence-electron chi connectivity index (χ1n) is 6.81. The molecular weight excluding hydrogens is 248 g/mol. The molecule has 0 aromatic heterocycles. The van der Waals surface area contributed by atoms with E-state index >= 15 is 0 Å². The number of carbonyl (C=O) groups is 1. The Bertz CT molecular complexity index is 549. The van der Waals surface area contributed by atoms with Gasteiger partial charge in [-0.15, -0.1) is 0 Å². The van der Waals surface area contributed by atoms with Gasteiger partial charge < -0.3 is 10.6 Å². The van der Waals surface area contributed by atoms with Gasteiger partial charge in [-0.1, -0.05) is 48.0 Å². The number of nitrogens with two attached hydrogens (primary N) is 1. The third-order valence-corrected chi connectivity index (χ3v) is 3.19. The molecule has 104 valence electrons. The minimum atomic E-state index is 0.0557. The summed E-state index contributed by atoms with van der Waals surface area (Å²) >= 11 is 0. The van der Waals surface area contributed by atoms with Crippen molar-refractivity contribution in [3.05, 3.63) is 65.7 Å². The van der Waals surface area contributed by atoms with Crippen molar-refractivity contribution in [2.75, 3.05) is 11.4 Å². The van der Waals surface area contributed by atoms with Crippen LogP contribution in [-0.2, 0) is 11.3 Å². The zero-order chi connectivity index (χ0) is 14.4. The van der Waals surface area contributed by atoms with Crippen LogP contribution >= 0.6 is 0 Å². The van der Waals surface area contributed by atoms with Gasteiger partial charge in [0.25, 0.3) is 0 Å². The Morgan fingerprint density at radius 3 is 2.30 bits per heavy atom. The van der Waals surface area contributed by atoms with Gasteiger partial charge >= 0.3 is 0 Å². The van der Waals surface area contributed by atoms with E-state index in [4.69, 9.17) is 5.73 Å². The molecule has 3 heteroatoms. The van der Waals surface area contributed by atoms with Gasteiger partial charge in [0.1, 0.15) is 0 Å². The maximum absolute atomic E-state index is 12.3. The van der Waals surface area contributed by atoms with Crippen molar-refractivity contribution in [1.29, 1.82) is 0 Å². The maximum Gasteiger partial charge on any atom is 0.228 e. The standard InChI is InChI=1S/C17H20N2O/c1-14-7-9-16(10-8-14)19(17(20)11-12-18)13-15-5-3-2-4-6-15/h2-10H,11-13,18H2,1H3. The quantitative estimate of drug-likeness (QED) is 0.906. The highest BCUT2D eigenvalue weighted by molar-refractivity contribution is 5.93. The van der Waals surface area contributed by atoms with Crippen LogP contribution in [0.4, 0.5) is 5.69 Å². The molecule has 0 fully saturated rings. The molecule has 0 heterocycles. The smallest absolute Gasteiger partial charge is 0.228 e. The Labute approximate surface area is 120 Å². The minimum absolute atomic E-state index is 0.0557. The highest BCUT2D eigenvalue weighted by Crippen LogP contribution is 2.19. The summed E-state index contributed by atoms with van der Waals surface area (Å²) in [6.45, 7) is 2.98. The number of anilines is 1. The number of benzene rings is 2. The van der Waals surface area contributed by atoms with Gasteiger partial charge in [0.2, 0.25) is 5.91 Å². The number of carbonyl (C=O) groups excluding carboxylic acids is 1. The van der Waals surface area contributed by atoms with Crippen molar-refractivity contribution in [2.24, 2.45) is 5.73 Å². The predicted octanol–water partition coefficient (Wildman–Crippen LogP) is 2.88. The van der Waals surface area contributed by atoms with Crippen molar-refractivity contribution in [2.45, 2.75) is 19.9 Å². The van der Waals surface area contributed by atoms with E-state index in [1.165, 1.54) is 5.56 Å². The SMILES string of the molecule is Cc1ccc(N(Cc2ccccc2)C(=O)CCN)cc1. The predicted molar refractivity (Wildman–Crippen MR) is 82.5 cm³/mol. The van der Waals surface area contributed by atoms with Crippen LogP contribution in [-0.4, -0.2) is 12.5 Å². The van der Waals surface area contributed by atoms with Gasteiger partial charge in [-0.05, 0) is 24.6 Å². The second-order valence-electron chi connectivity index (χ2n) is 4.84. The second kappa shape index (κ2) is 6.87. The summed E-state index contributed by atoms with van der Waals surface area (Å²) in [4.78, 5) is 14.1. The first-order valence-corrected chi connectivity index (χ1v) is 6.81. The molecule has 0 unspecified atom stereocenters. The molecule has 0 saturated carbocycles. The average molecular weight is 268 g/mol. The van der Waals surface area contributed by atoms with E-state index < -0.39 is 0 Å². The van der Waals surface area contributed by atoms with Crippen molar-refractivity contribution in [1.82, 2.24) is 0 Å². The molecule has 3 nitrogen and oxygen atoms in total. The summed E-state index contributed by atoms with van der Waals surface area (Å²) in [6.07, 6.45) is 0.362. The number of amides is 1. The fourth-order valence-electron chi connectivity index (χ4n) is 2.07. The number of hydrogen-bond acceptors (Lipinski definition) is 2. The summed E-state index contributed by atoms with van der Waals surface area (Å²) in [6, 6.07) is 18.0. The summed E-state index contributed by atoms with van der Waals surface area (Å²) < 4.78 is 0. The van der Waals surface area contributed by atoms with E-state index in [1.807, 2.05) is 61.5 Å².